The van der Waals surface area contributed by atoms with E-state index in [0.29, 0.717) is 5.92 Å². The van der Waals surface area contributed by atoms with Crippen molar-refractivity contribution in [1.29, 1.82) is 0 Å². The Bertz CT molecular complexity index is 537. The lowest BCUT2D eigenvalue weighted by molar-refractivity contribution is 0.149. The average Bonchev–Trinajstić information content (AvgIpc) is 2.87. The number of para-hydroxylation sites is 1. The predicted octanol–water partition coefficient (Wildman–Crippen LogP) is 1.84. The Morgan fingerprint density at radius 2 is 2.24 bits per heavy atom. The van der Waals surface area contributed by atoms with Crippen molar-refractivity contribution in [2.45, 2.75) is 12.5 Å². The van der Waals surface area contributed by atoms with Crippen molar-refractivity contribution in [2.24, 2.45) is 13.0 Å². The van der Waals surface area contributed by atoms with Crippen molar-refractivity contribution in [2.75, 3.05) is 11.5 Å². The van der Waals surface area contributed by atoms with Crippen LogP contribution in [0.3, 0.4) is 0 Å². The summed E-state index contributed by atoms with van der Waals surface area (Å²) in [7, 11) is 1.98. The topological polar surface area (TPSA) is 38.0 Å². The monoisotopic (exact) mass is 248 g/mol. The molecule has 1 aliphatic rings. The van der Waals surface area contributed by atoms with Gasteiger partial charge in [-0.05, 0) is 18.2 Å². The molecule has 1 fully saturated rings. The molecule has 2 heterocycles. The Labute approximate surface area is 105 Å². The fourth-order valence-corrected chi connectivity index (χ4v) is 3.76. The van der Waals surface area contributed by atoms with Crippen molar-refractivity contribution >= 4 is 22.7 Å². The van der Waals surface area contributed by atoms with Gasteiger partial charge in [0, 0.05) is 24.1 Å². The SMILES string of the molecule is Cn1nc(CC2CSCC2O)c2ccccc21. The van der Waals surface area contributed by atoms with Crippen molar-refractivity contribution < 1.29 is 5.11 Å². The van der Waals surface area contributed by atoms with Gasteiger partial charge in [-0.2, -0.15) is 16.9 Å². The Morgan fingerprint density at radius 1 is 1.41 bits per heavy atom. The Morgan fingerprint density at radius 3 is 3.00 bits per heavy atom. The van der Waals surface area contributed by atoms with Crippen molar-refractivity contribution in [3.8, 4) is 0 Å². The lowest BCUT2D eigenvalue weighted by Gasteiger charge is -2.11. The molecule has 17 heavy (non-hydrogen) atoms. The van der Waals surface area contributed by atoms with Crippen LogP contribution < -0.4 is 0 Å². The molecule has 1 saturated heterocycles. The minimum Gasteiger partial charge on any atom is -0.392 e. The Hall–Kier alpha value is -1.00. The number of thioether (sulfide) groups is 1. The van der Waals surface area contributed by atoms with Gasteiger partial charge >= 0.3 is 0 Å². The number of hydrogen-bond donors (Lipinski definition) is 1. The Kier molecular flexibility index (Phi) is 2.84. The first-order valence-corrected chi connectivity index (χ1v) is 7.07. The molecule has 1 aromatic carbocycles. The zero-order valence-corrected chi connectivity index (χ0v) is 10.7. The smallest absolute Gasteiger partial charge is 0.0707 e. The Balaban J connectivity index is 1.95. The van der Waals surface area contributed by atoms with Gasteiger partial charge < -0.3 is 5.11 Å². The first kappa shape index (κ1) is 11.1. The molecule has 2 unspecified atom stereocenters. The molecular formula is C13H16N2OS. The third-order valence-electron chi connectivity index (χ3n) is 3.45. The summed E-state index contributed by atoms with van der Waals surface area (Å²) >= 11 is 1.84. The third-order valence-corrected chi connectivity index (χ3v) is 4.70. The van der Waals surface area contributed by atoms with Gasteiger partial charge in [-0.25, -0.2) is 0 Å². The molecule has 1 aliphatic heterocycles. The summed E-state index contributed by atoms with van der Waals surface area (Å²) in [6.07, 6.45) is 0.718. The van der Waals surface area contributed by atoms with Gasteiger partial charge in [-0.15, -0.1) is 0 Å². The zero-order valence-electron chi connectivity index (χ0n) is 9.84. The third kappa shape index (κ3) is 1.96. The first-order chi connectivity index (χ1) is 8.25. The molecule has 1 aromatic heterocycles. The minimum absolute atomic E-state index is 0.166. The maximum atomic E-state index is 9.87. The largest absolute Gasteiger partial charge is 0.392 e. The summed E-state index contributed by atoms with van der Waals surface area (Å²) in [6, 6.07) is 8.29. The molecule has 3 nitrogen and oxygen atoms in total. The van der Waals surface area contributed by atoms with E-state index in [1.807, 2.05) is 35.6 Å². The van der Waals surface area contributed by atoms with Crippen molar-refractivity contribution in [1.82, 2.24) is 9.78 Å². The van der Waals surface area contributed by atoms with Gasteiger partial charge in [-0.1, -0.05) is 18.2 Å². The number of aliphatic hydroxyl groups excluding tert-OH is 1. The molecule has 0 radical (unpaired) electrons. The number of nitrogens with zero attached hydrogens (tertiary/aromatic N) is 2. The fourth-order valence-electron chi connectivity index (χ4n) is 2.47. The summed E-state index contributed by atoms with van der Waals surface area (Å²) in [5.74, 6) is 2.28. The number of aryl methyl sites for hydroxylation is 1. The van der Waals surface area contributed by atoms with Gasteiger partial charge in [0.2, 0.25) is 0 Å². The van der Waals surface area contributed by atoms with E-state index in [1.165, 1.54) is 10.9 Å². The van der Waals surface area contributed by atoms with Crippen molar-refractivity contribution in [3.63, 3.8) is 0 Å². The zero-order chi connectivity index (χ0) is 11.8. The van der Waals surface area contributed by atoms with Crippen LogP contribution in [0.25, 0.3) is 10.9 Å². The number of rotatable bonds is 2. The normalized spacial score (nSPS) is 24.6. The molecule has 90 valence electrons. The average molecular weight is 248 g/mol. The van der Waals surface area contributed by atoms with E-state index >= 15 is 0 Å². The predicted molar refractivity (Wildman–Crippen MR) is 71.2 cm³/mol. The van der Waals surface area contributed by atoms with Crippen molar-refractivity contribution in [3.05, 3.63) is 30.0 Å². The standard InChI is InChI=1S/C13H16N2OS/c1-15-12-5-3-2-4-10(12)11(14-15)6-9-7-17-8-13(9)16/h2-5,9,13,16H,6-8H2,1H3. The van der Waals surface area contributed by atoms with Crippen LogP contribution in [0.2, 0.25) is 0 Å². The van der Waals surface area contributed by atoms with Crippen LogP contribution in [-0.2, 0) is 13.5 Å². The van der Waals surface area contributed by atoms with Crippen LogP contribution in [-0.4, -0.2) is 32.5 Å². The molecule has 0 amide bonds. The van der Waals surface area contributed by atoms with Crippen LogP contribution in [0.1, 0.15) is 5.69 Å². The second-order valence-corrected chi connectivity index (χ2v) is 5.73. The molecule has 0 bridgehead atoms. The molecule has 0 aliphatic carbocycles. The van der Waals surface area contributed by atoms with E-state index in [4.69, 9.17) is 0 Å². The van der Waals surface area contributed by atoms with Gasteiger partial charge in [0.1, 0.15) is 0 Å². The van der Waals surface area contributed by atoms with E-state index in [0.717, 1.165) is 23.6 Å². The first-order valence-electron chi connectivity index (χ1n) is 5.92. The summed E-state index contributed by atoms with van der Waals surface area (Å²) < 4.78 is 1.93. The number of benzene rings is 1. The summed E-state index contributed by atoms with van der Waals surface area (Å²) in [6.45, 7) is 0. The van der Waals surface area contributed by atoms with Gasteiger partial charge in [-0.3, -0.25) is 4.68 Å². The molecule has 0 saturated carbocycles. The van der Waals surface area contributed by atoms with Gasteiger partial charge in [0.15, 0.2) is 0 Å². The second-order valence-electron chi connectivity index (χ2n) is 4.66. The molecule has 2 atom stereocenters. The maximum Gasteiger partial charge on any atom is 0.0707 e. The van der Waals surface area contributed by atoms with E-state index < -0.39 is 0 Å². The number of hydrogen-bond acceptors (Lipinski definition) is 3. The van der Waals surface area contributed by atoms with E-state index in [2.05, 4.69) is 17.2 Å². The lowest BCUT2D eigenvalue weighted by atomic mass is 9.98. The molecule has 0 spiro atoms. The minimum atomic E-state index is -0.166. The molecular weight excluding hydrogens is 232 g/mol. The highest BCUT2D eigenvalue weighted by Gasteiger charge is 2.27. The van der Waals surface area contributed by atoms with Crippen LogP contribution in [0, 0.1) is 5.92 Å². The van der Waals surface area contributed by atoms with E-state index in [1.54, 1.807) is 0 Å². The van der Waals surface area contributed by atoms with Crippen LogP contribution in [0.4, 0.5) is 0 Å². The number of aliphatic hydroxyl groups is 1. The second kappa shape index (κ2) is 4.35. The highest BCUT2D eigenvalue weighted by atomic mass is 32.2. The molecule has 2 aromatic rings. The summed E-state index contributed by atoms with van der Waals surface area (Å²) in [5.41, 5.74) is 2.29. The highest BCUT2D eigenvalue weighted by Crippen LogP contribution is 2.29. The number of fused-ring (bicyclic) bond motifs is 1. The summed E-state index contributed by atoms with van der Waals surface area (Å²) in [5, 5.41) is 15.7. The molecule has 1 N–H and O–H groups in total. The molecule has 4 heteroatoms. The lowest BCUT2D eigenvalue weighted by Crippen LogP contribution is -2.20. The highest BCUT2D eigenvalue weighted by molar-refractivity contribution is 7.99. The van der Waals surface area contributed by atoms with Crippen LogP contribution in [0.15, 0.2) is 24.3 Å². The van der Waals surface area contributed by atoms with Gasteiger partial charge in [0.05, 0.1) is 17.3 Å². The van der Waals surface area contributed by atoms with E-state index in [9.17, 15) is 5.11 Å². The number of aromatic nitrogens is 2. The fraction of sp³-hybridized carbons (Fsp3) is 0.462. The molecule has 3 rings (SSSR count). The van der Waals surface area contributed by atoms with Gasteiger partial charge in [0.25, 0.3) is 0 Å². The van der Waals surface area contributed by atoms with E-state index in [-0.39, 0.29) is 6.10 Å². The maximum absolute atomic E-state index is 9.87. The van der Waals surface area contributed by atoms with Crippen LogP contribution >= 0.6 is 11.8 Å². The summed E-state index contributed by atoms with van der Waals surface area (Å²) in [4.78, 5) is 0. The quantitative estimate of drug-likeness (QED) is 0.881. The van der Waals surface area contributed by atoms with Crippen LogP contribution in [0.5, 0.6) is 0 Å².